The van der Waals surface area contributed by atoms with Gasteiger partial charge in [0.2, 0.25) is 0 Å². The van der Waals surface area contributed by atoms with Gasteiger partial charge in [0, 0.05) is 5.92 Å². The minimum absolute atomic E-state index is 0.122. The highest BCUT2D eigenvalue weighted by atomic mass is 19.1. The highest BCUT2D eigenvalue weighted by molar-refractivity contribution is 5.46. The van der Waals surface area contributed by atoms with Crippen LogP contribution in [0.5, 0.6) is 5.75 Å². The molecule has 0 bridgehead atoms. The lowest BCUT2D eigenvalue weighted by atomic mass is 9.86. The van der Waals surface area contributed by atoms with Gasteiger partial charge in [-0.2, -0.15) is 0 Å². The molecule has 5 nitrogen and oxygen atoms in total. The van der Waals surface area contributed by atoms with E-state index >= 15 is 0 Å². The van der Waals surface area contributed by atoms with Crippen LogP contribution in [0.15, 0.2) is 18.2 Å². The third kappa shape index (κ3) is 3.20. The smallest absolute Gasteiger partial charge is 0.313 e. The Kier molecular flexibility index (Phi) is 4.31. The topological polar surface area (TPSA) is 78.4 Å². The summed E-state index contributed by atoms with van der Waals surface area (Å²) in [4.78, 5) is 10.3. The summed E-state index contributed by atoms with van der Waals surface area (Å²) in [6.07, 6.45) is 3.80. The second kappa shape index (κ2) is 5.97. The van der Waals surface area contributed by atoms with Gasteiger partial charge >= 0.3 is 5.69 Å². The molecule has 0 heterocycles. The highest BCUT2D eigenvalue weighted by Crippen LogP contribution is 2.33. The van der Waals surface area contributed by atoms with Crippen LogP contribution >= 0.6 is 0 Å². The number of halogens is 1. The van der Waals surface area contributed by atoms with Crippen molar-refractivity contribution in [2.75, 3.05) is 6.54 Å². The number of nitrogens with zero attached hydrogens (tertiary/aromatic N) is 1. The van der Waals surface area contributed by atoms with Crippen molar-refractivity contribution in [2.24, 2.45) is 11.7 Å². The molecule has 0 radical (unpaired) electrons. The van der Waals surface area contributed by atoms with Gasteiger partial charge in [-0.05, 0) is 37.9 Å². The first-order valence-electron chi connectivity index (χ1n) is 6.42. The summed E-state index contributed by atoms with van der Waals surface area (Å²) < 4.78 is 18.8. The van der Waals surface area contributed by atoms with Crippen molar-refractivity contribution in [1.29, 1.82) is 0 Å². The van der Waals surface area contributed by atoms with Crippen molar-refractivity contribution in [3.63, 3.8) is 0 Å². The molecule has 0 spiro atoms. The molecule has 0 aromatic heterocycles. The lowest BCUT2D eigenvalue weighted by molar-refractivity contribution is -0.386. The van der Waals surface area contributed by atoms with Gasteiger partial charge in [-0.3, -0.25) is 10.1 Å². The molecule has 2 N–H and O–H groups in total. The van der Waals surface area contributed by atoms with E-state index in [1.807, 2.05) is 0 Å². The molecule has 2 atom stereocenters. The van der Waals surface area contributed by atoms with Crippen molar-refractivity contribution in [3.05, 3.63) is 34.1 Å². The first-order valence-corrected chi connectivity index (χ1v) is 6.42. The Balaban J connectivity index is 2.20. The van der Waals surface area contributed by atoms with E-state index in [9.17, 15) is 14.5 Å². The van der Waals surface area contributed by atoms with Crippen LogP contribution in [0, 0.1) is 21.8 Å². The van der Waals surface area contributed by atoms with Crippen molar-refractivity contribution in [1.82, 2.24) is 0 Å². The molecule has 1 saturated carbocycles. The molecule has 1 fully saturated rings. The Morgan fingerprint density at radius 2 is 2.16 bits per heavy atom. The van der Waals surface area contributed by atoms with E-state index in [2.05, 4.69) is 0 Å². The number of rotatable bonds is 4. The summed E-state index contributed by atoms with van der Waals surface area (Å²) in [6, 6.07) is 3.37. The van der Waals surface area contributed by atoms with Crippen molar-refractivity contribution >= 4 is 5.69 Å². The van der Waals surface area contributed by atoms with Crippen molar-refractivity contribution in [2.45, 2.75) is 31.8 Å². The molecular weight excluding hydrogens is 251 g/mol. The summed E-state index contributed by atoms with van der Waals surface area (Å²) >= 11 is 0. The Hall–Kier alpha value is -1.69. The molecule has 2 rings (SSSR count). The van der Waals surface area contributed by atoms with Gasteiger partial charge in [-0.15, -0.1) is 0 Å². The average molecular weight is 268 g/mol. The van der Waals surface area contributed by atoms with E-state index in [0.717, 1.165) is 31.7 Å². The lowest BCUT2D eigenvalue weighted by Crippen LogP contribution is -2.35. The molecule has 0 aliphatic heterocycles. The predicted molar refractivity (Wildman–Crippen MR) is 68.5 cm³/mol. The molecule has 1 aliphatic rings. The summed E-state index contributed by atoms with van der Waals surface area (Å²) in [7, 11) is 0. The van der Waals surface area contributed by atoms with Gasteiger partial charge in [0.1, 0.15) is 11.9 Å². The summed E-state index contributed by atoms with van der Waals surface area (Å²) in [5.74, 6) is -0.312. The summed E-state index contributed by atoms with van der Waals surface area (Å²) in [6.45, 7) is 0.500. The minimum atomic E-state index is -0.641. The molecule has 2 unspecified atom stereocenters. The first kappa shape index (κ1) is 13.7. The minimum Gasteiger partial charge on any atom is -0.483 e. The number of nitrogens with two attached hydrogens (primary N) is 1. The standard InChI is InChI=1S/C13H17FN2O3/c14-10-5-6-13(11(7-10)16(17)18)19-12-4-2-1-3-9(12)8-15/h5-7,9,12H,1-4,8,15H2. The molecule has 0 saturated heterocycles. The van der Waals surface area contributed by atoms with E-state index in [0.29, 0.717) is 6.54 Å². The summed E-state index contributed by atoms with van der Waals surface area (Å²) in [5.41, 5.74) is 5.36. The molecule has 6 heteroatoms. The Labute approximate surface area is 110 Å². The van der Waals surface area contributed by atoms with Gasteiger partial charge in [-0.25, -0.2) is 4.39 Å². The number of benzene rings is 1. The molecule has 1 aliphatic carbocycles. The summed E-state index contributed by atoms with van der Waals surface area (Å²) in [5, 5.41) is 10.9. The Morgan fingerprint density at radius 3 is 2.84 bits per heavy atom. The van der Waals surface area contributed by atoms with Crippen LogP contribution in [0.4, 0.5) is 10.1 Å². The fourth-order valence-electron chi connectivity index (χ4n) is 2.49. The largest absolute Gasteiger partial charge is 0.483 e. The van der Waals surface area contributed by atoms with Crippen LogP contribution in [0.2, 0.25) is 0 Å². The van der Waals surface area contributed by atoms with E-state index in [4.69, 9.17) is 10.5 Å². The predicted octanol–water partition coefficient (Wildman–Crippen LogP) is 2.63. The Morgan fingerprint density at radius 1 is 1.42 bits per heavy atom. The fraction of sp³-hybridized carbons (Fsp3) is 0.538. The van der Waals surface area contributed by atoms with Crippen LogP contribution in [0.25, 0.3) is 0 Å². The van der Waals surface area contributed by atoms with E-state index in [1.54, 1.807) is 0 Å². The van der Waals surface area contributed by atoms with E-state index in [-0.39, 0.29) is 23.5 Å². The van der Waals surface area contributed by atoms with Gasteiger partial charge < -0.3 is 10.5 Å². The first-order chi connectivity index (χ1) is 9.11. The zero-order chi connectivity index (χ0) is 13.8. The third-order valence-corrected chi connectivity index (χ3v) is 3.54. The fourth-order valence-corrected chi connectivity index (χ4v) is 2.49. The maximum absolute atomic E-state index is 13.0. The van der Waals surface area contributed by atoms with Crippen LogP contribution < -0.4 is 10.5 Å². The lowest BCUT2D eigenvalue weighted by Gasteiger charge is -2.30. The number of ether oxygens (including phenoxy) is 1. The molecule has 1 aromatic carbocycles. The van der Waals surface area contributed by atoms with Gasteiger partial charge in [-0.1, -0.05) is 6.42 Å². The monoisotopic (exact) mass is 268 g/mol. The second-order valence-corrected chi connectivity index (χ2v) is 4.81. The zero-order valence-corrected chi connectivity index (χ0v) is 10.5. The molecule has 104 valence electrons. The number of nitro groups is 1. The van der Waals surface area contributed by atoms with E-state index < -0.39 is 10.7 Å². The van der Waals surface area contributed by atoms with Gasteiger partial charge in [0.15, 0.2) is 5.75 Å². The van der Waals surface area contributed by atoms with Crippen LogP contribution in [-0.2, 0) is 0 Å². The number of hydrogen-bond acceptors (Lipinski definition) is 4. The molecular formula is C13H17FN2O3. The third-order valence-electron chi connectivity index (χ3n) is 3.54. The zero-order valence-electron chi connectivity index (χ0n) is 10.5. The van der Waals surface area contributed by atoms with Gasteiger partial charge in [0.05, 0.1) is 11.0 Å². The van der Waals surface area contributed by atoms with E-state index in [1.165, 1.54) is 12.1 Å². The molecule has 19 heavy (non-hydrogen) atoms. The van der Waals surface area contributed by atoms with Crippen LogP contribution in [-0.4, -0.2) is 17.6 Å². The quantitative estimate of drug-likeness (QED) is 0.672. The molecule has 1 aromatic rings. The highest BCUT2D eigenvalue weighted by Gasteiger charge is 2.28. The second-order valence-electron chi connectivity index (χ2n) is 4.81. The van der Waals surface area contributed by atoms with Crippen LogP contribution in [0.3, 0.4) is 0 Å². The maximum Gasteiger partial charge on any atom is 0.313 e. The van der Waals surface area contributed by atoms with Crippen molar-refractivity contribution < 1.29 is 14.1 Å². The Bertz CT molecular complexity index is 467. The van der Waals surface area contributed by atoms with Gasteiger partial charge in [0.25, 0.3) is 0 Å². The molecule has 0 amide bonds. The SMILES string of the molecule is NCC1CCCCC1Oc1ccc(F)cc1[N+](=O)[O-]. The normalized spacial score (nSPS) is 23.1. The average Bonchev–Trinajstić information content (AvgIpc) is 2.41. The van der Waals surface area contributed by atoms with Crippen molar-refractivity contribution in [3.8, 4) is 5.75 Å². The number of hydrogen-bond donors (Lipinski definition) is 1. The van der Waals surface area contributed by atoms with Crippen LogP contribution in [0.1, 0.15) is 25.7 Å². The maximum atomic E-state index is 13.0. The number of nitro benzene ring substituents is 1.